The van der Waals surface area contributed by atoms with Crippen LogP contribution in [0.2, 0.25) is 0 Å². The number of nitrogens with one attached hydrogen (secondary N) is 1. The summed E-state index contributed by atoms with van der Waals surface area (Å²) in [4.78, 5) is 4.89. The molecule has 0 aliphatic carbocycles. The molecule has 1 aliphatic heterocycles. The largest absolute Gasteiger partial charge is 0.497 e. The van der Waals surface area contributed by atoms with Crippen molar-refractivity contribution in [2.45, 2.75) is 18.5 Å². The highest BCUT2D eigenvalue weighted by atomic mass is 16.5. The monoisotopic (exact) mass is 277 g/mol. The lowest BCUT2D eigenvalue weighted by atomic mass is 10.1. The van der Waals surface area contributed by atoms with E-state index in [0.717, 1.165) is 12.3 Å². The average molecular weight is 277 g/mol. The minimum Gasteiger partial charge on any atom is -0.497 e. The Morgan fingerprint density at radius 1 is 1.35 bits per heavy atom. The summed E-state index contributed by atoms with van der Waals surface area (Å²) >= 11 is 0. The first-order chi connectivity index (χ1) is 9.63. The maximum atomic E-state index is 5.22. The summed E-state index contributed by atoms with van der Waals surface area (Å²) in [6.45, 7) is 3.42. The fourth-order valence-corrected chi connectivity index (χ4v) is 2.86. The lowest BCUT2D eigenvalue weighted by molar-refractivity contribution is 0.253. The third kappa shape index (κ3) is 3.72. The van der Waals surface area contributed by atoms with E-state index < -0.39 is 0 Å². The van der Waals surface area contributed by atoms with Crippen LogP contribution in [0, 0.1) is 0 Å². The van der Waals surface area contributed by atoms with Crippen molar-refractivity contribution in [2.75, 3.05) is 47.9 Å². The first-order valence-electron chi connectivity index (χ1n) is 7.34. The van der Waals surface area contributed by atoms with E-state index >= 15 is 0 Å². The van der Waals surface area contributed by atoms with E-state index in [1.54, 1.807) is 7.11 Å². The maximum Gasteiger partial charge on any atom is 0.118 e. The van der Waals surface area contributed by atoms with Gasteiger partial charge in [0.15, 0.2) is 0 Å². The van der Waals surface area contributed by atoms with Crippen LogP contribution in [0.3, 0.4) is 0 Å². The molecule has 4 heteroatoms. The Labute approximate surface area is 122 Å². The second-order valence-corrected chi connectivity index (χ2v) is 5.78. The van der Waals surface area contributed by atoms with Gasteiger partial charge in [-0.15, -0.1) is 0 Å². The van der Waals surface area contributed by atoms with Crippen LogP contribution in [0.25, 0.3) is 0 Å². The molecule has 0 saturated carbocycles. The predicted molar refractivity (Wildman–Crippen MR) is 83.3 cm³/mol. The molecule has 20 heavy (non-hydrogen) atoms. The summed E-state index contributed by atoms with van der Waals surface area (Å²) < 4.78 is 5.22. The van der Waals surface area contributed by atoms with Crippen molar-refractivity contribution in [1.29, 1.82) is 0 Å². The van der Waals surface area contributed by atoms with E-state index in [1.807, 2.05) is 19.2 Å². The molecule has 2 rings (SSSR count). The fourth-order valence-electron chi connectivity index (χ4n) is 2.86. The molecule has 0 spiro atoms. The van der Waals surface area contributed by atoms with E-state index in [0.29, 0.717) is 12.1 Å². The average Bonchev–Trinajstić information content (AvgIpc) is 2.94. The van der Waals surface area contributed by atoms with Crippen LogP contribution in [0.5, 0.6) is 5.75 Å². The molecular formula is C16H27N3O. The third-order valence-electron chi connectivity index (χ3n) is 4.29. The molecule has 112 valence electrons. The van der Waals surface area contributed by atoms with E-state index in [-0.39, 0.29) is 0 Å². The van der Waals surface area contributed by atoms with Gasteiger partial charge in [-0.25, -0.2) is 0 Å². The maximum absolute atomic E-state index is 5.22. The molecule has 1 fully saturated rings. The number of likely N-dealkylation sites (tertiary alicyclic amines) is 1. The molecule has 4 nitrogen and oxygen atoms in total. The van der Waals surface area contributed by atoms with E-state index in [9.17, 15) is 0 Å². The van der Waals surface area contributed by atoms with Crippen molar-refractivity contribution in [3.8, 4) is 5.75 Å². The summed E-state index contributed by atoms with van der Waals surface area (Å²) in [5, 5.41) is 3.43. The molecule has 0 radical (unpaired) electrons. The number of likely N-dealkylation sites (N-methyl/N-ethyl adjacent to an activating group) is 2. The van der Waals surface area contributed by atoms with Gasteiger partial charge >= 0.3 is 0 Å². The Balaban J connectivity index is 1.95. The molecule has 2 unspecified atom stereocenters. The fraction of sp³-hybridized carbons (Fsp3) is 0.625. The van der Waals surface area contributed by atoms with Crippen LogP contribution in [-0.2, 0) is 0 Å². The summed E-state index contributed by atoms with van der Waals surface area (Å²) in [5.74, 6) is 0.914. The topological polar surface area (TPSA) is 27.7 Å². The van der Waals surface area contributed by atoms with Gasteiger partial charge in [-0.1, -0.05) is 12.1 Å². The molecule has 1 heterocycles. The number of hydrogen-bond donors (Lipinski definition) is 1. The standard InChI is InChI=1S/C16H27N3O/c1-17-16(13-5-7-15(20-4)8-6-13)12-19-10-9-14(11-19)18(2)3/h5-8,14,16-17H,9-12H2,1-4H3. The second-order valence-electron chi connectivity index (χ2n) is 5.78. The third-order valence-corrected chi connectivity index (χ3v) is 4.29. The SMILES string of the molecule is CNC(CN1CCC(N(C)C)C1)c1ccc(OC)cc1. The first-order valence-corrected chi connectivity index (χ1v) is 7.34. The van der Waals surface area contributed by atoms with Crippen molar-refractivity contribution < 1.29 is 4.74 Å². The Hall–Kier alpha value is -1.10. The van der Waals surface area contributed by atoms with Crippen molar-refractivity contribution in [2.24, 2.45) is 0 Å². The summed E-state index contributed by atoms with van der Waals surface area (Å²) in [6, 6.07) is 9.45. The molecule has 0 bridgehead atoms. The van der Waals surface area contributed by atoms with Gasteiger partial charge < -0.3 is 15.0 Å². The highest BCUT2D eigenvalue weighted by Gasteiger charge is 2.25. The number of benzene rings is 1. The van der Waals surface area contributed by atoms with Gasteiger partial charge in [0.1, 0.15) is 5.75 Å². The van der Waals surface area contributed by atoms with Gasteiger partial charge in [0.25, 0.3) is 0 Å². The predicted octanol–water partition coefficient (Wildman–Crippen LogP) is 1.59. The Kier molecular flexibility index (Phi) is 5.40. The molecule has 1 aliphatic rings. The van der Waals surface area contributed by atoms with Crippen molar-refractivity contribution in [1.82, 2.24) is 15.1 Å². The van der Waals surface area contributed by atoms with Crippen molar-refractivity contribution in [3.05, 3.63) is 29.8 Å². The Morgan fingerprint density at radius 3 is 2.55 bits per heavy atom. The number of rotatable bonds is 6. The minimum atomic E-state index is 0.377. The highest BCUT2D eigenvalue weighted by Crippen LogP contribution is 2.21. The van der Waals surface area contributed by atoms with E-state index in [1.165, 1.54) is 25.1 Å². The number of hydrogen-bond acceptors (Lipinski definition) is 4. The van der Waals surface area contributed by atoms with Gasteiger partial charge in [0.2, 0.25) is 0 Å². The smallest absolute Gasteiger partial charge is 0.118 e. The van der Waals surface area contributed by atoms with Gasteiger partial charge in [-0.2, -0.15) is 0 Å². The molecule has 1 aromatic carbocycles. The molecule has 0 aromatic heterocycles. The summed E-state index contributed by atoms with van der Waals surface area (Å²) in [7, 11) is 8.09. The molecular weight excluding hydrogens is 250 g/mol. The number of methoxy groups -OCH3 is 1. The number of nitrogens with zero attached hydrogens (tertiary/aromatic N) is 2. The Morgan fingerprint density at radius 2 is 2.05 bits per heavy atom. The quantitative estimate of drug-likeness (QED) is 0.854. The number of ether oxygens (including phenoxy) is 1. The Bertz CT molecular complexity index is 405. The zero-order chi connectivity index (χ0) is 14.5. The van der Waals surface area contributed by atoms with Crippen molar-refractivity contribution >= 4 is 0 Å². The zero-order valence-corrected chi connectivity index (χ0v) is 13.1. The van der Waals surface area contributed by atoms with E-state index in [2.05, 4.69) is 41.3 Å². The lowest BCUT2D eigenvalue weighted by Crippen LogP contribution is -2.35. The van der Waals surface area contributed by atoms with Gasteiger partial charge in [-0.3, -0.25) is 4.90 Å². The van der Waals surface area contributed by atoms with Crippen LogP contribution < -0.4 is 10.1 Å². The van der Waals surface area contributed by atoms with Gasteiger partial charge in [0, 0.05) is 25.2 Å². The summed E-state index contributed by atoms with van der Waals surface area (Å²) in [5.41, 5.74) is 1.32. The minimum absolute atomic E-state index is 0.377. The van der Waals surface area contributed by atoms with Crippen LogP contribution in [0.15, 0.2) is 24.3 Å². The van der Waals surface area contributed by atoms with Crippen LogP contribution in [0.4, 0.5) is 0 Å². The first kappa shape index (κ1) is 15.3. The van der Waals surface area contributed by atoms with Crippen LogP contribution >= 0.6 is 0 Å². The van der Waals surface area contributed by atoms with Gasteiger partial charge in [0.05, 0.1) is 7.11 Å². The second kappa shape index (κ2) is 7.07. The molecule has 1 N–H and O–H groups in total. The van der Waals surface area contributed by atoms with E-state index in [4.69, 9.17) is 4.74 Å². The van der Waals surface area contributed by atoms with Crippen LogP contribution in [0.1, 0.15) is 18.0 Å². The van der Waals surface area contributed by atoms with Crippen LogP contribution in [-0.4, -0.2) is 63.7 Å². The molecule has 2 atom stereocenters. The lowest BCUT2D eigenvalue weighted by Gasteiger charge is -2.25. The molecule has 1 aromatic rings. The molecule has 1 saturated heterocycles. The normalized spacial score (nSPS) is 21.4. The van der Waals surface area contributed by atoms with Gasteiger partial charge in [-0.05, 0) is 51.8 Å². The van der Waals surface area contributed by atoms with Crippen molar-refractivity contribution in [3.63, 3.8) is 0 Å². The molecule has 0 amide bonds. The zero-order valence-electron chi connectivity index (χ0n) is 13.1. The summed E-state index contributed by atoms with van der Waals surface area (Å²) in [6.07, 6.45) is 1.27. The highest BCUT2D eigenvalue weighted by molar-refractivity contribution is 5.29.